The molecule has 37 heavy (non-hydrogen) atoms. The van der Waals surface area contributed by atoms with Gasteiger partial charge in [0.05, 0.1) is 16.3 Å². The minimum Gasteiger partial charge on any atom is -0.340 e. The maximum atomic E-state index is 13.2. The predicted molar refractivity (Wildman–Crippen MR) is 143 cm³/mol. The summed E-state index contributed by atoms with van der Waals surface area (Å²) < 4.78 is 29.3. The fourth-order valence-corrected chi connectivity index (χ4v) is 6.91. The van der Waals surface area contributed by atoms with Crippen LogP contribution in [0.2, 0.25) is 0 Å². The quantitative estimate of drug-likeness (QED) is 0.498. The van der Waals surface area contributed by atoms with Crippen LogP contribution < -0.4 is 0 Å². The molecule has 1 aromatic heterocycles. The molecule has 1 amide bonds. The molecule has 2 aliphatic heterocycles. The van der Waals surface area contributed by atoms with Crippen LogP contribution in [0.5, 0.6) is 0 Å². The highest BCUT2D eigenvalue weighted by Crippen LogP contribution is 2.26. The van der Waals surface area contributed by atoms with Gasteiger partial charge in [0.25, 0.3) is 0 Å². The van der Waals surface area contributed by atoms with Gasteiger partial charge in [0.15, 0.2) is 0 Å². The van der Waals surface area contributed by atoms with Crippen LogP contribution in [0, 0.1) is 19.8 Å². The van der Waals surface area contributed by atoms with Gasteiger partial charge < -0.3 is 4.90 Å². The molecule has 2 aliphatic rings. The summed E-state index contributed by atoms with van der Waals surface area (Å²) in [4.78, 5) is 17.9. The monoisotopic (exact) mass is 521 g/mol. The van der Waals surface area contributed by atoms with Gasteiger partial charge in [0.1, 0.15) is 0 Å². The number of piperazine rings is 1. The first-order valence-corrected chi connectivity index (χ1v) is 14.5. The molecule has 0 saturated carbocycles. The number of para-hydroxylation sites is 1. The van der Waals surface area contributed by atoms with Gasteiger partial charge in [0.2, 0.25) is 15.9 Å². The molecule has 0 radical (unpaired) electrons. The Balaban J connectivity index is 1.14. The number of sulfonamides is 1. The number of aromatic nitrogens is 2. The van der Waals surface area contributed by atoms with Crippen LogP contribution in [0.1, 0.15) is 29.8 Å². The van der Waals surface area contributed by atoms with Gasteiger partial charge in [-0.2, -0.15) is 9.40 Å². The van der Waals surface area contributed by atoms with Crippen molar-refractivity contribution in [2.75, 3.05) is 39.3 Å². The minimum absolute atomic E-state index is 0.109. The van der Waals surface area contributed by atoms with Crippen molar-refractivity contribution >= 4 is 15.9 Å². The second-order valence-corrected chi connectivity index (χ2v) is 11.9. The summed E-state index contributed by atoms with van der Waals surface area (Å²) in [5.41, 5.74) is 4.50. The molecule has 0 unspecified atom stereocenters. The topological polar surface area (TPSA) is 78.8 Å². The predicted octanol–water partition coefficient (Wildman–Crippen LogP) is 3.23. The standard InChI is InChI=1S/C28H35N5O3S/c1-22-27(23(2)33(29-22)25-9-5-3-6-10-25)21-30-17-19-31(20-18-30)28(34)24-13-15-32(16-14-24)37(35,36)26-11-7-4-8-12-26/h3-12,24H,13-21H2,1-2H3. The molecule has 0 spiro atoms. The lowest BCUT2D eigenvalue weighted by Gasteiger charge is -2.38. The van der Waals surface area contributed by atoms with E-state index in [1.165, 1.54) is 9.87 Å². The zero-order valence-corrected chi connectivity index (χ0v) is 22.4. The first-order chi connectivity index (χ1) is 17.8. The van der Waals surface area contributed by atoms with Gasteiger partial charge in [-0.3, -0.25) is 9.69 Å². The molecule has 5 rings (SSSR count). The Morgan fingerprint density at radius 3 is 2.08 bits per heavy atom. The fourth-order valence-electron chi connectivity index (χ4n) is 5.42. The Labute approximate surface area is 219 Å². The molecule has 196 valence electrons. The van der Waals surface area contributed by atoms with Crippen LogP contribution in [0.25, 0.3) is 5.69 Å². The normalized spacial score (nSPS) is 18.3. The number of amides is 1. The average Bonchev–Trinajstić information content (AvgIpc) is 3.22. The first kappa shape index (κ1) is 25.6. The Morgan fingerprint density at radius 1 is 0.865 bits per heavy atom. The lowest BCUT2D eigenvalue weighted by atomic mass is 9.96. The highest BCUT2D eigenvalue weighted by molar-refractivity contribution is 7.89. The van der Waals surface area contributed by atoms with Crippen molar-refractivity contribution in [1.82, 2.24) is 23.9 Å². The number of piperidine rings is 1. The van der Waals surface area contributed by atoms with Crippen molar-refractivity contribution in [3.63, 3.8) is 0 Å². The zero-order chi connectivity index (χ0) is 26.0. The van der Waals surface area contributed by atoms with Crippen LogP contribution in [-0.2, 0) is 21.4 Å². The molecule has 2 fully saturated rings. The third-order valence-corrected chi connectivity index (χ3v) is 9.60. The largest absolute Gasteiger partial charge is 0.340 e. The van der Waals surface area contributed by atoms with Gasteiger partial charge >= 0.3 is 0 Å². The van der Waals surface area contributed by atoms with Gasteiger partial charge in [-0.15, -0.1) is 0 Å². The molecule has 0 atom stereocenters. The fraction of sp³-hybridized carbons (Fsp3) is 0.429. The van der Waals surface area contributed by atoms with Crippen molar-refractivity contribution in [2.45, 2.75) is 38.1 Å². The summed E-state index contributed by atoms with van der Waals surface area (Å²) in [5.74, 6) is 0.0584. The number of carbonyl (C=O) groups is 1. The lowest BCUT2D eigenvalue weighted by Crippen LogP contribution is -2.51. The number of hydrogen-bond donors (Lipinski definition) is 0. The number of benzene rings is 2. The molecular weight excluding hydrogens is 486 g/mol. The minimum atomic E-state index is -3.50. The number of hydrogen-bond acceptors (Lipinski definition) is 5. The van der Waals surface area contributed by atoms with E-state index >= 15 is 0 Å². The van der Waals surface area contributed by atoms with Crippen molar-refractivity contribution in [1.29, 1.82) is 0 Å². The average molecular weight is 522 g/mol. The first-order valence-electron chi connectivity index (χ1n) is 13.0. The molecule has 0 bridgehead atoms. The van der Waals surface area contributed by atoms with Gasteiger partial charge in [0, 0.05) is 63.0 Å². The summed E-state index contributed by atoms with van der Waals surface area (Å²) in [6.07, 6.45) is 1.14. The van der Waals surface area contributed by atoms with Crippen LogP contribution >= 0.6 is 0 Å². The summed E-state index contributed by atoms with van der Waals surface area (Å²) in [6, 6.07) is 18.7. The Hall–Kier alpha value is -3.01. The van der Waals surface area contributed by atoms with E-state index in [9.17, 15) is 13.2 Å². The van der Waals surface area contributed by atoms with E-state index in [1.54, 1.807) is 24.3 Å². The van der Waals surface area contributed by atoms with Crippen molar-refractivity contribution in [3.05, 3.63) is 77.6 Å². The third kappa shape index (κ3) is 5.35. The van der Waals surface area contributed by atoms with E-state index in [0.29, 0.717) is 43.9 Å². The van der Waals surface area contributed by atoms with Gasteiger partial charge in [-0.1, -0.05) is 36.4 Å². The molecule has 9 heteroatoms. The molecule has 3 aromatic rings. The zero-order valence-electron chi connectivity index (χ0n) is 21.6. The SMILES string of the molecule is Cc1nn(-c2ccccc2)c(C)c1CN1CCN(C(=O)C2CCN(S(=O)(=O)c3ccccc3)CC2)CC1. The smallest absolute Gasteiger partial charge is 0.243 e. The van der Waals surface area contributed by atoms with Crippen LogP contribution in [0.15, 0.2) is 65.6 Å². The third-order valence-electron chi connectivity index (χ3n) is 7.69. The van der Waals surface area contributed by atoms with Crippen LogP contribution in [0.4, 0.5) is 0 Å². The summed E-state index contributed by atoms with van der Waals surface area (Å²) in [5, 5.41) is 4.77. The van der Waals surface area contributed by atoms with E-state index in [4.69, 9.17) is 5.10 Å². The van der Waals surface area contributed by atoms with Crippen LogP contribution in [0.3, 0.4) is 0 Å². The lowest BCUT2D eigenvalue weighted by molar-refractivity contribution is -0.138. The number of nitrogens with zero attached hydrogens (tertiary/aromatic N) is 5. The van der Waals surface area contributed by atoms with Crippen LogP contribution in [-0.4, -0.2) is 77.5 Å². The van der Waals surface area contributed by atoms with Crippen molar-refractivity contribution in [3.8, 4) is 5.69 Å². The van der Waals surface area contributed by atoms with Gasteiger partial charge in [-0.25, -0.2) is 13.1 Å². The van der Waals surface area contributed by atoms with Crippen molar-refractivity contribution in [2.24, 2.45) is 5.92 Å². The van der Waals surface area contributed by atoms with E-state index in [-0.39, 0.29) is 11.8 Å². The maximum absolute atomic E-state index is 13.2. The number of carbonyl (C=O) groups excluding carboxylic acids is 1. The summed E-state index contributed by atoms with van der Waals surface area (Å²) in [6.45, 7) is 8.82. The highest BCUT2D eigenvalue weighted by Gasteiger charge is 2.34. The Bertz CT molecular complexity index is 1320. The summed E-state index contributed by atoms with van der Waals surface area (Å²) in [7, 11) is -3.50. The molecule has 8 nitrogen and oxygen atoms in total. The number of aryl methyl sites for hydroxylation is 1. The summed E-state index contributed by atoms with van der Waals surface area (Å²) >= 11 is 0. The van der Waals surface area contributed by atoms with Crippen molar-refractivity contribution < 1.29 is 13.2 Å². The van der Waals surface area contributed by atoms with Gasteiger partial charge in [-0.05, 0) is 51.0 Å². The molecule has 2 saturated heterocycles. The maximum Gasteiger partial charge on any atom is 0.243 e. The molecule has 3 heterocycles. The molecular formula is C28H35N5O3S. The highest BCUT2D eigenvalue weighted by atomic mass is 32.2. The molecule has 0 aliphatic carbocycles. The Morgan fingerprint density at radius 2 is 1.46 bits per heavy atom. The van der Waals surface area contributed by atoms with E-state index in [2.05, 4.69) is 30.9 Å². The van der Waals surface area contributed by atoms with E-state index in [0.717, 1.165) is 36.7 Å². The second-order valence-electron chi connectivity index (χ2n) is 9.99. The number of rotatable bonds is 6. The Kier molecular flexibility index (Phi) is 7.46. The molecule has 0 N–H and O–H groups in total. The van der Waals surface area contributed by atoms with E-state index in [1.807, 2.05) is 33.8 Å². The second kappa shape index (κ2) is 10.8. The molecule has 2 aromatic carbocycles. The van der Waals surface area contributed by atoms with E-state index < -0.39 is 10.0 Å².